The molecular formula is C14H17O2-. The standard InChI is InChI=1S/C14H18O2/c1-14(2,3)10-6-4-9(5-7-10)11-8-12(11)13(15)16/h4-7,11-12H,8H2,1-3H3,(H,15,16)/p-1. The van der Waals surface area contributed by atoms with Crippen molar-refractivity contribution in [2.45, 2.75) is 38.5 Å². The Hall–Kier alpha value is -1.31. The van der Waals surface area contributed by atoms with Crippen LogP contribution in [0.3, 0.4) is 0 Å². The van der Waals surface area contributed by atoms with E-state index in [4.69, 9.17) is 0 Å². The molecule has 0 amide bonds. The van der Waals surface area contributed by atoms with E-state index in [1.54, 1.807) is 0 Å². The third-order valence-corrected chi connectivity index (χ3v) is 3.30. The summed E-state index contributed by atoms with van der Waals surface area (Å²) in [7, 11) is 0. The molecule has 0 aromatic heterocycles. The molecule has 2 heteroatoms. The van der Waals surface area contributed by atoms with E-state index in [0.29, 0.717) is 0 Å². The fourth-order valence-corrected chi connectivity index (χ4v) is 2.05. The number of carboxylic acids is 1. The first-order valence-electron chi connectivity index (χ1n) is 5.71. The second-order valence-electron chi connectivity index (χ2n) is 5.64. The predicted octanol–water partition coefficient (Wildman–Crippen LogP) is 1.84. The van der Waals surface area contributed by atoms with Gasteiger partial charge >= 0.3 is 0 Å². The lowest BCUT2D eigenvalue weighted by Gasteiger charge is -2.19. The number of aliphatic carboxylic acids is 1. The maximum absolute atomic E-state index is 10.7. The molecule has 2 unspecified atom stereocenters. The minimum absolute atomic E-state index is 0.149. The average Bonchev–Trinajstić information content (AvgIpc) is 2.96. The van der Waals surface area contributed by atoms with Gasteiger partial charge in [-0.3, -0.25) is 0 Å². The predicted molar refractivity (Wildman–Crippen MR) is 61.0 cm³/mol. The Morgan fingerprint density at radius 3 is 2.19 bits per heavy atom. The SMILES string of the molecule is CC(C)(C)c1ccc(C2CC2C(=O)[O-])cc1. The number of benzene rings is 1. The maximum Gasteiger partial charge on any atom is 0.0451 e. The zero-order valence-corrected chi connectivity index (χ0v) is 9.99. The van der Waals surface area contributed by atoms with Crippen LogP contribution >= 0.6 is 0 Å². The number of carbonyl (C=O) groups excluding carboxylic acids is 1. The van der Waals surface area contributed by atoms with Gasteiger partial charge in [-0.15, -0.1) is 0 Å². The summed E-state index contributed by atoms with van der Waals surface area (Å²) in [6, 6.07) is 8.29. The van der Waals surface area contributed by atoms with Crippen molar-refractivity contribution in [2.24, 2.45) is 5.92 Å². The van der Waals surface area contributed by atoms with Crippen LogP contribution in [-0.2, 0) is 10.2 Å². The van der Waals surface area contributed by atoms with Crippen LogP contribution in [-0.4, -0.2) is 5.97 Å². The van der Waals surface area contributed by atoms with Crippen LogP contribution < -0.4 is 5.11 Å². The molecule has 1 fully saturated rings. The van der Waals surface area contributed by atoms with Crippen molar-refractivity contribution in [3.63, 3.8) is 0 Å². The monoisotopic (exact) mass is 217 g/mol. The van der Waals surface area contributed by atoms with Gasteiger partial charge in [0.15, 0.2) is 0 Å². The summed E-state index contributed by atoms with van der Waals surface area (Å²) in [6.07, 6.45) is 0.733. The first-order valence-corrected chi connectivity index (χ1v) is 5.71. The highest BCUT2D eigenvalue weighted by Gasteiger charge is 2.39. The number of carboxylic acid groups (broad SMARTS) is 1. The van der Waals surface area contributed by atoms with Crippen LogP contribution in [0.4, 0.5) is 0 Å². The summed E-state index contributed by atoms with van der Waals surface area (Å²) < 4.78 is 0. The fourth-order valence-electron chi connectivity index (χ4n) is 2.05. The van der Waals surface area contributed by atoms with Gasteiger partial charge < -0.3 is 9.90 Å². The van der Waals surface area contributed by atoms with Crippen LogP contribution in [0, 0.1) is 5.92 Å². The lowest BCUT2D eigenvalue weighted by atomic mass is 9.86. The van der Waals surface area contributed by atoms with E-state index in [9.17, 15) is 9.90 Å². The number of carbonyl (C=O) groups is 1. The highest BCUT2D eigenvalue weighted by molar-refractivity contribution is 5.73. The smallest absolute Gasteiger partial charge is 0.0451 e. The van der Waals surface area contributed by atoms with Crippen LogP contribution in [0.25, 0.3) is 0 Å². The maximum atomic E-state index is 10.7. The first kappa shape index (κ1) is 11.2. The minimum Gasteiger partial charge on any atom is -0.550 e. The lowest BCUT2D eigenvalue weighted by molar-refractivity contribution is -0.308. The van der Waals surface area contributed by atoms with Crippen molar-refractivity contribution in [2.75, 3.05) is 0 Å². The Morgan fingerprint density at radius 1 is 1.25 bits per heavy atom. The van der Waals surface area contributed by atoms with Crippen LogP contribution in [0.2, 0.25) is 0 Å². The van der Waals surface area contributed by atoms with E-state index >= 15 is 0 Å². The Balaban J connectivity index is 2.13. The Labute approximate surface area is 96.3 Å². The quantitative estimate of drug-likeness (QED) is 0.758. The van der Waals surface area contributed by atoms with Gasteiger partial charge in [0.05, 0.1) is 0 Å². The normalized spacial score (nSPS) is 24.2. The van der Waals surface area contributed by atoms with Gasteiger partial charge in [0.1, 0.15) is 0 Å². The van der Waals surface area contributed by atoms with E-state index in [2.05, 4.69) is 32.9 Å². The van der Waals surface area contributed by atoms with Crippen LogP contribution in [0.15, 0.2) is 24.3 Å². The van der Waals surface area contributed by atoms with Crippen LogP contribution in [0.1, 0.15) is 44.2 Å². The second-order valence-corrected chi connectivity index (χ2v) is 5.64. The summed E-state index contributed by atoms with van der Waals surface area (Å²) in [4.78, 5) is 10.7. The van der Waals surface area contributed by atoms with Crippen LogP contribution in [0.5, 0.6) is 0 Å². The third kappa shape index (κ3) is 2.11. The van der Waals surface area contributed by atoms with E-state index in [1.807, 2.05) is 12.1 Å². The number of rotatable bonds is 2. The molecule has 2 nitrogen and oxygen atoms in total. The molecule has 1 aliphatic carbocycles. The zero-order chi connectivity index (χ0) is 11.9. The van der Waals surface area contributed by atoms with Crippen molar-refractivity contribution in [1.29, 1.82) is 0 Å². The summed E-state index contributed by atoms with van der Waals surface area (Å²) in [6.45, 7) is 6.51. The van der Waals surface area contributed by atoms with E-state index in [-0.39, 0.29) is 17.3 Å². The molecule has 0 heterocycles. The molecule has 0 spiro atoms. The summed E-state index contributed by atoms with van der Waals surface area (Å²) >= 11 is 0. The molecule has 0 aliphatic heterocycles. The van der Waals surface area contributed by atoms with Gasteiger partial charge in [0.2, 0.25) is 0 Å². The highest BCUT2D eigenvalue weighted by atomic mass is 16.4. The van der Waals surface area contributed by atoms with Gasteiger partial charge in [-0.2, -0.15) is 0 Å². The van der Waals surface area contributed by atoms with Gasteiger partial charge in [0.25, 0.3) is 0 Å². The largest absolute Gasteiger partial charge is 0.550 e. The van der Waals surface area contributed by atoms with Gasteiger partial charge in [-0.1, -0.05) is 45.0 Å². The van der Waals surface area contributed by atoms with Gasteiger partial charge in [-0.25, -0.2) is 0 Å². The van der Waals surface area contributed by atoms with Crippen molar-refractivity contribution in [1.82, 2.24) is 0 Å². The first-order chi connectivity index (χ1) is 7.39. The minimum atomic E-state index is -0.912. The molecule has 0 radical (unpaired) electrons. The topological polar surface area (TPSA) is 40.1 Å². The second kappa shape index (κ2) is 3.62. The lowest BCUT2D eigenvalue weighted by Crippen LogP contribution is -2.24. The van der Waals surface area contributed by atoms with Crippen molar-refractivity contribution >= 4 is 5.97 Å². The molecule has 86 valence electrons. The van der Waals surface area contributed by atoms with Gasteiger partial charge in [-0.05, 0) is 28.9 Å². The molecule has 2 atom stereocenters. The van der Waals surface area contributed by atoms with E-state index in [1.165, 1.54) is 5.56 Å². The Bertz CT molecular complexity index is 398. The number of hydrogen-bond donors (Lipinski definition) is 0. The average molecular weight is 217 g/mol. The molecule has 1 saturated carbocycles. The molecule has 0 saturated heterocycles. The number of hydrogen-bond acceptors (Lipinski definition) is 2. The molecule has 1 aliphatic rings. The molecule has 0 bridgehead atoms. The van der Waals surface area contributed by atoms with E-state index < -0.39 is 5.97 Å². The zero-order valence-electron chi connectivity index (χ0n) is 9.99. The summed E-state index contributed by atoms with van der Waals surface area (Å²) in [5.41, 5.74) is 2.56. The molecular weight excluding hydrogens is 200 g/mol. The molecule has 2 rings (SSSR count). The Kier molecular flexibility index (Phi) is 2.53. The molecule has 0 N–H and O–H groups in total. The molecule has 16 heavy (non-hydrogen) atoms. The van der Waals surface area contributed by atoms with Crippen molar-refractivity contribution in [3.05, 3.63) is 35.4 Å². The highest BCUT2D eigenvalue weighted by Crippen LogP contribution is 2.47. The van der Waals surface area contributed by atoms with Gasteiger partial charge in [0, 0.05) is 11.9 Å². The third-order valence-electron chi connectivity index (χ3n) is 3.30. The molecule has 1 aromatic rings. The van der Waals surface area contributed by atoms with Crippen molar-refractivity contribution in [3.8, 4) is 0 Å². The molecule has 1 aromatic carbocycles. The van der Waals surface area contributed by atoms with Crippen molar-refractivity contribution < 1.29 is 9.90 Å². The Morgan fingerprint density at radius 2 is 1.81 bits per heavy atom. The summed E-state index contributed by atoms with van der Waals surface area (Å²) in [5.74, 6) is -0.996. The fraction of sp³-hybridized carbons (Fsp3) is 0.500. The van der Waals surface area contributed by atoms with E-state index in [0.717, 1.165) is 12.0 Å². The summed E-state index contributed by atoms with van der Waals surface area (Å²) in [5, 5.41) is 10.7.